The average Bonchev–Trinajstić information content (AvgIpc) is 3.33. The van der Waals surface area contributed by atoms with Gasteiger partial charge >= 0.3 is 17.9 Å². The molecule has 0 amide bonds. The van der Waals surface area contributed by atoms with Gasteiger partial charge in [0.2, 0.25) is 0 Å². The third-order valence-electron chi connectivity index (χ3n) is 14.1. The van der Waals surface area contributed by atoms with Crippen molar-refractivity contribution in [3.05, 3.63) is 0 Å². The minimum atomic E-state index is -0.761. The summed E-state index contributed by atoms with van der Waals surface area (Å²) in [5.41, 5.74) is 0. The molecule has 67 heavy (non-hydrogen) atoms. The highest BCUT2D eigenvalue weighted by Crippen LogP contribution is 2.18. The predicted octanol–water partition coefficient (Wildman–Crippen LogP) is 20.3. The van der Waals surface area contributed by atoms with Crippen molar-refractivity contribution >= 4 is 17.9 Å². The van der Waals surface area contributed by atoms with Gasteiger partial charge in [-0.15, -0.1) is 0 Å². The number of unbranched alkanes of at least 4 members (excludes halogenated alkanes) is 46. The second-order valence-electron chi connectivity index (χ2n) is 21.0. The van der Waals surface area contributed by atoms with Crippen molar-refractivity contribution in [1.29, 1.82) is 0 Å². The molecule has 0 saturated heterocycles. The van der Waals surface area contributed by atoms with Gasteiger partial charge in [0, 0.05) is 19.3 Å². The van der Waals surface area contributed by atoms with Crippen LogP contribution in [0.1, 0.15) is 355 Å². The van der Waals surface area contributed by atoms with E-state index in [0.717, 1.165) is 57.8 Å². The highest BCUT2D eigenvalue weighted by atomic mass is 16.6. The predicted molar refractivity (Wildman–Crippen MR) is 289 cm³/mol. The maximum atomic E-state index is 12.9. The second kappa shape index (κ2) is 57.0. The summed E-state index contributed by atoms with van der Waals surface area (Å²) in [5.74, 6) is -0.828. The number of rotatable bonds is 57. The van der Waals surface area contributed by atoms with Gasteiger partial charge in [0.15, 0.2) is 6.10 Å². The fourth-order valence-electron chi connectivity index (χ4n) is 9.51. The Labute approximate surface area is 418 Å². The van der Waals surface area contributed by atoms with Crippen LogP contribution < -0.4 is 0 Å². The normalized spacial score (nSPS) is 11.9. The van der Waals surface area contributed by atoms with E-state index in [-0.39, 0.29) is 31.1 Å². The number of hydrogen-bond donors (Lipinski definition) is 0. The van der Waals surface area contributed by atoms with E-state index >= 15 is 0 Å². The Morgan fingerprint density at radius 1 is 0.239 bits per heavy atom. The zero-order chi connectivity index (χ0) is 48.6. The molecule has 0 saturated carbocycles. The van der Waals surface area contributed by atoms with Gasteiger partial charge in [-0.2, -0.15) is 0 Å². The molecule has 0 rings (SSSR count). The zero-order valence-electron chi connectivity index (χ0n) is 45.7. The Morgan fingerprint density at radius 3 is 0.597 bits per heavy atom. The van der Waals surface area contributed by atoms with Gasteiger partial charge in [-0.3, -0.25) is 14.4 Å². The van der Waals surface area contributed by atoms with E-state index in [9.17, 15) is 14.4 Å². The minimum Gasteiger partial charge on any atom is -0.462 e. The second-order valence-corrected chi connectivity index (χ2v) is 21.0. The molecule has 0 aliphatic heterocycles. The molecule has 1 atom stereocenters. The van der Waals surface area contributed by atoms with Crippen LogP contribution in [0.2, 0.25) is 0 Å². The van der Waals surface area contributed by atoms with Crippen molar-refractivity contribution in [2.75, 3.05) is 13.2 Å². The van der Waals surface area contributed by atoms with Crippen molar-refractivity contribution in [2.45, 2.75) is 361 Å². The monoisotopic (exact) mass is 947 g/mol. The van der Waals surface area contributed by atoms with Crippen molar-refractivity contribution in [3.8, 4) is 0 Å². The summed E-state index contributed by atoms with van der Waals surface area (Å²) in [6, 6.07) is 0. The molecule has 0 aliphatic carbocycles. The Bertz CT molecular complexity index is 998. The summed E-state index contributed by atoms with van der Waals surface area (Å²) >= 11 is 0. The molecule has 0 aromatic heterocycles. The molecule has 0 bridgehead atoms. The van der Waals surface area contributed by atoms with Gasteiger partial charge in [-0.1, -0.05) is 316 Å². The number of carbonyl (C=O) groups is 3. The SMILES string of the molecule is CCCCCCCCCCCCCCCCCCCCCC(=O)OC[C@H](COC(=O)CCCCCCCCCCCCCCC)OC(=O)CCCCCCCCCCCCCCCCCCC. The van der Waals surface area contributed by atoms with E-state index in [1.54, 1.807) is 0 Å². The van der Waals surface area contributed by atoms with Crippen LogP contribution in [-0.2, 0) is 28.6 Å². The molecule has 0 heterocycles. The van der Waals surface area contributed by atoms with Crippen molar-refractivity contribution in [2.24, 2.45) is 0 Å². The smallest absolute Gasteiger partial charge is 0.306 e. The molecule has 0 fully saturated rings. The quantitative estimate of drug-likeness (QED) is 0.0343. The van der Waals surface area contributed by atoms with Crippen molar-refractivity contribution in [3.63, 3.8) is 0 Å². The Balaban J connectivity index is 4.26. The zero-order valence-corrected chi connectivity index (χ0v) is 45.7. The lowest BCUT2D eigenvalue weighted by Gasteiger charge is -2.18. The number of carbonyl (C=O) groups excluding carboxylic acids is 3. The molecule has 0 radical (unpaired) electrons. The number of hydrogen-bond acceptors (Lipinski definition) is 6. The van der Waals surface area contributed by atoms with Gasteiger partial charge in [-0.25, -0.2) is 0 Å². The van der Waals surface area contributed by atoms with Crippen molar-refractivity contribution in [1.82, 2.24) is 0 Å². The molecule has 0 aliphatic rings. The molecule has 6 nitrogen and oxygen atoms in total. The first-order chi connectivity index (χ1) is 33.0. The number of ether oxygens (including phenoxy) is 3. The lowest BCUT2D eigenvalue weighted by molar-refractivity contribution is -0.167. The molecule has 0 spiro atoms. The molecule has 6 heteroatoms. The summed E-state index contributed by atoms with van der Waals surface area (Å²) in [7, 11) is 0. The fourth-order valence-corrected chi connectivity index (χ4v) is 9.51. The molecule has 0 aromatic rings. The summed E-state index contributed by atoms with van der Waals surface area (Å²) in [6.07, 6.45) is 63.8. The summed E-state index contributed by atoms with van der Waals surface area (Å²) < 4.78 is 16.9. The van der Waals surface area contributed by atoms with Crippen LogP contribution in [0.3, 0.4) is 0 Å². The van der Waals surface area contributed by atoms with Crippen LogP contribution >= 0.6 is 0 Å². The van der Waals surface area contributed by atoms with E-state index in [0.29, 0.717) is 19.3 Å². The van der Waals surface area contributed by atoms with E-state index in [4.69, 9.17) is 14.2 Å². The van der Waals surface area contributed by atoms with E-state index in [2.05, 4.69) is 20.8 Å². The molecular formula is C61H118O6. The van der Waals surface area contributed by atoms with Crippen LogP contribution in [0.15, 0.2) is 0 Å². The van der Waals surface area contributed by atoms with E-state index in [1.165, 1.54) is 257 Å². The summed E-state index contributed by atoms with van der Waals surface area (Å²) in [6.45, 7) is 6.72. The van der Waals surface area contributed by atoms with Gasteiger partial charge < -0.3 is 14.2 Å². The lowest BCUT2D eigenvalue weighted by Crippen LogP contribution is -2.30. The molecule has 398 valence electrons. The first-order valence-electron chi connectivity index (χ1n) is 30.5. The Kier molecular flexibility index (Phi) is 55.6. The molecule has 0 aromatic carbocycles. The molecular weight excluding hydrogens is 829 g/mol. The van der Waals surface area contributed by atoms with E-state index < -0.39 is 6.10 Å². The lowest BCUT2D eigenvalue weighted by atomic mass is 10.0. The molecule has 0 N–H and O–H groups in total. The summed E-state index contributed by atoms with van der Waals surface area (Å²) in [4.78, 5) is 38.2. The van der Waals surface area contributed by atoms with Gasteiger partial charge in [0.05, 0.1) is 0 Å². The third-order valence-corrected chi connectivity index (χ3v) is 14.1. The fraction of sp³-hybridized carbons (Fsp3) is 0.951. The highest BCUT2D eigenvalue weighted by molar-refractivity contribution is 5.71. The number of esters is 3. The van der Waals surface area contributed by atoms with Crippen LogP contribution in [0.25, 0.3) is 0 Å². The first kappa shape index (κ1) is 65.4. The van der Waals surface area contributed by atoms with Crippen LogP contribution in [-0.4, -0.2) is 37.2 Å². The highest BCUT2D eigenvalue weighted by Gasteiger charge is 2.19. The summed E-state index contributed by atoms with van der Waals surface area (Å²) in [5, 5.41) is 0. The van der Waals surface area contributed by atoms with Gasteiger partial charge in [0.25, 0.3) is 0 Å². The third kappa shape index (κ3) is 55.2. The topological polar surface area (TPSA) is 78.9 Å². The standard InChI is InChI=1S/C61H118O6/c1-4-7-10-13-16-19-22-25-27-29-30-32-33-36-39-42-45-48-51-54-60(63)66-57-58(56-65-59(62)53-50-47-44-41-38-35-24-21-18-15-12-9-6-3)67-61(64)55-52-49-46-43-40-37-34-31-28-26-23-20-17-14-11-8-5-2/h58H,4-57H2,1-3H3/t58-/m0/s1. The largest absolute Gasteiger partial charge is 0.462 e. The maximum absolute atomic E-state index is 12.9. The van der Waals surface area contributed by atoms with Gasteiger partial charge in [-0.05, 0) is 19.3 Å². The van der Waals surface area contributed by atoms with Crippen LogP contribution in [0.5, 0.6) is 0 Å². The maximum Gasteiger partial charge on any atom is 0.306 e. The Morgan fingerprint density at radius 2 is 0.403 bits per heavy atom. The van der Waals surface area contributed by atoms with E-state index in [1.807, 2.05) is 0 Å². The van der Waals surface area contributed by atoms with Crippen LogP contribution in [0.4, 0.5) is 0 Å². The minimum absolute atomic E-state index is 0.0607. The average molecular weight is 948 g/mol. The Hall–Kier alpha value is -1.59. The first-order valence-corrected chi connectivity index (χ1v) is 30.5. The van der Waals surface area contributed by atoms with Crippen LogP contribution in [0, 0.1) is 0 Å². The van der Waals surface area contributed by atoms with Gasteiger partial charge in [0.1, 0.15) is 13.2 Å². The molecule has 0 unspecified atom stereocenters. The van der Waals surface area contributed by atoms with Crippen molar-refractivity contribution < 1.29 is 28.6 Å².